The highest BCUT2D eigenvalue weighted by Crippen LogP contribution is 2.37. The van der Waals surface area contributed by atoms with Crippen molar-refractivity contribution in [2.75, 3.05) is 18.1 Å². The van der Waals surface area contributed by atoms with E-state index in [1.807, 2.05) is 0 Å². The number of carbonyl (C=O) groups excluding carboxylic acids is 1. The molecule has 0 radical (unpaired) electrons. The summed E-state index contributed by atoms with van der Waals surface area (Å²) in [4.78, 5) is 12.5. The number of anilines is 1. The Labute approximate surface area is 107 Å². The number of hydrogen-bond acceptors (Lipinski definition) is 3. The quantitative estimate of drug-likeness (QED) is 0.921. The van der Waals surface area contributed by atoms with Crippen molar-refractivity contribution < 1.29 is 27.8 Å². The van der Waals surface area contributed by atoms with Gasteiger partial charge in [-0.05, 0) is 12.1 Å². The molecule has 104 valence electrons. The van der Waals surface area contributed by atoms with E-state index in [-0.39, 0.29) is 25.3 Å². The van der Waals surface area contributed by atoms with E-state index in [0.29, 0.717) is 0 Å². The van der Waals surface area contributed by atoms with Gasteiger partial charge in [0.1, 0.15) is 6.10 Å². The molecule has 1 saturated heterocycles. The molecule has 1 aromatic rings. The van der Waals surface area contributed by atoms with Crippen molar-refractivity contribution in [3.63, 3.8) is 0 Å². The zero-order valence-electron chi connectivity index (χ0n) is 9.85. The first-order valence-corrected chi connectivity index (χ1v) is 5.68. The van der Waals surface area contributed by atoms with Crippen LogP contribution in [0.25, 0.3) is 0 Å². The van der Waals surface area contributed by atoms with Crippen LogP contribution in [0.5, 0.6) is 0 Å². The molecular formula is C12H12F3NO3. The van der Waals surface area contributed by atoms with Gasteiger partial charge in [-0.2, -0.15) is 13.2 Å². The normalized spacial score (nSPS) is 19.7. The monoisotopic (exact) mass is 275 g/mol. The number of para-hydroxylation sites is 1. The highest BCUT2D eigenvalue weighted by Gasteiger charge is 2.39. The SMILES string of the molecule is O=C1OC(CCO)CN1c1ccccc1C(F)(F)F. The van der Waals surface area contributed by atoms with Crippen LogP contribution in [0.4, 0.5) is 23.7 Å². The molecule has 1 aliphatic heterocycles. The van der Waals surface area contributed by atoms with Gasteiger partial charge >= 0.3 is 12.3 Å². The number of hydrogen-bond donors (Lipinski definition) is 1. The molecule has 0 bridgehead atoms. The summed E-state index contributed by atoms with van der Waals surface area (Å²) >= 11 is 0. The Morgan fingerprint density at radius 1 is 1.37 bits per heavy atom. The van der Waals surface area contributed by atoms with Crippen LogP contribution in [0.2, 0.25) is 0 Å². The van der Waals surface area contributed by atoms with Crippen molar-refractivity contribution in [1.29, 1.82) is 0 Å². The molecule has 7 heteroatoms. The van der Waals surface area contributed by atoms with Crippen molar-refractivity contribution in [3.8, 4) is 0 Å². The molecular weight excluding hydrogens is 263 g/mol. The topological polar surface area (TPSA) is 49.8 Å². The third-order valence-corrected chi connectivity index (χ3v) is 2.83. The summed E-state index contributed by atoms with van der Waals surface area (Å²) in [6.45, 7) is -0.181. The fraction of sp³-hybridized carbons (Fsp3) is 0.417. The number of aliphatic hydroxyl groups is 1. The predicted molar refractivity (Wildman–Crippen MR) is 60.8 cm³/mol. The van der Waals surface area contributed by atoms with Crippen LogP contribution in [0.15, 0.2) is 24.3 Å². The van der Waals surface area contributed by atoms with E-state index in [9.17, 15) is 18.0 Å². The van der Waals surface area contributed by atoms with Crippen molar-refractivity contribution >= 4 is 11.8 Å². The number of carbonyl (C=O) groups is 1. The lowest BCUT2D eigenvalue weighted by atomic mass is 10.1. The summed E-state index contributed by atoms with van der Waals surface area (Å²) in [6.07, 6.45) is -5.74. The summed E-state index contributed by atoms with van der Waals surface area (Å²) in [5.41, 5.74) is -1.10. The van der Waals surface area contributed by atoms with Crippen LogP contribution in [0.1, 0.15) is 12.0 Å². The lowest BCUT2D eigenvalue weighted by Gasteiger charge is -2.18. The second-order valence-electron chi connectivity index (χ2n) is 4.14. The average molecular weight is 275 g/mol. The molecule has 1 heterocycles. The molecule has 1 unspecified atom stereocenters. The molecule has 19 heavy (non-hydrogen) atoms. The van der Waals surface area contributed by atoms with Crippen molar-refractivity contribution in [2.24, 2.45) is 0 Å². The standard InChI is InChI=1S/C12H12F3NO3/c13-12(14,15)9-3-1-2-4-10(9)16-7-8(5-6-17)19-11(16)18/h1-4,8,17H,5-7H2. The van der Waals surface area contributed by atoms with E-state index >= 15 is 0 Å². The van der Waals surface area contributed by atoms with Crippen LogP contribution >= 0.6 is 0 Å². The van der Waals surface area contributed by atoms with Gasteiger partial charge in [0.15, 0.2) is 0 Å². The highest BCUT2D eigenvalue weighted by atomic mass is 19.4. The van der Waals surface area contributed by atoms with E-state index in [0.717, 1.165) is 11.0 Å². The van der Waals surface area contributed by atoms with Crippen molar-refractivity contribution in [2.45, 2.75) is 18.7 Å². The Bertz CT molecular complexity index is 476. The summed E-state index contributed by atoms with van der Waals surface area (Å²) in [6, 6.07) is 4.84. The minimum absolute atomic E-state index is 0.00644. The molecule has 4 nitrogen and oxygen atoms in total. The third kappa shape index (κ3) is 2.81. The van der Waals surface area contributed by atoms with Crippen molar-refractivity contribution in [1.82, 2.24) is 0 Å². The molecule has 2 rings (SSSR count). The van der Waals surface area contributed by atoms with Gasteiger partial charge in [-0.1, -0.05) is 12.1 Å². The van der Waals surface area contributed by atoms with Crippen LogP contribution in [-0.2, 0) is 10.9 Å². The van der Waals surface area contributed by atoms with Gasteiger partial charge < -0.3 is 9.84 Å². The fourth-order valence-corrected chi connectivity index (χ4v) is 1.96. The molecule has 0 aromatic heterocycles. The zero-order chi connectivity index (χ0) is 14.0. The Morgan fingerprint density at radius 3 is 2.68 bits per heavy atom. The number of benzene rings is 1. The summed E-state index contributed by atoms with van der Waals surface area (Å²) < 4.78 is 43.5. The second kappa shape index (κ2) is 5.08. The second-order valence-corrected chi connectivity index (χ2v) is 4.14. The maximum absolute atomic E-state index is 12.9. The maximum Gasteiger partial charge on any atom is 0.418 e. The zero-order valence-corrected chi connectivity index (χ0v) is 9.85. The molecule has 1 atom stereocenters. The lowest BCUT2D eigenvalue weighted by Crippen LogP contribution is -2.27. The molecule has 1 fully saturated rings. The summed E-state index contributed by atoms with van der Waals surface area (Å²) in [7, 11) is 0. The van der Waals surface area contributed by atoms with E-state index in [1.54, 1.807) is 0 Å². The molecule has 1 aliphatic rings. The first-order chi connectivity index (χ1) is 8.93. The van der Waals surface area contributed by atoms with Gasteiger partial charge in [-0.15, -0.1) is 0 Å². The van der Waals surface area contributed by atoms with Crippen LogP contribution in [0, 0.1) is 0 Å². The number of ether oxygens (including phenoxy) is 1. The predicted octanol–water partition coefficient (Wildman–Crippen LogP) is 2.41. The number of alkyl halides is 3. The van der Waals surface area contributed by atoms with Gasteiger partial charge in [-0.25, -0.2) is 4.79 Å². The van der Waals surface area contributed by atoms with Crippen LogP contribution in [-0.4, -0.2) is 30.5 Å². The number of amides is 1. The third-order valence-electron chi connectivity index (χ3n) is 2.83. The van der Waals surface area contributed by atoms with E-state index in [2.05, 4.69) is 0 Å². The molecule has 0 spiro atoms. The van der Waals surface area contributed by atoms with E-state index < -0.39 is 23.9 Å². The smallest absolute Gasteiger partial charge is 0.418 e. The summed E-state index contributed by atoms with van der Waals surface area (Å²) in [5, 5.41) is 8.76. The fourth-order valence-electron chi connectivity index (χ4n) is 1.96. The van der Waals surface area contributed by atoms with Crippen LogP contribution < -0.4 is 4.90 Å². The maximum atomic E-state index is 12.9. The van der Waals surface area contributed by atoms with Gasteiger partial charge in [0.25, 0.3) is 0 Å². The largest absolute Gasteiger partial charge is 0.444 e. The summed E-state index contributed by atoms with van der Waals surface area (Å²) in [5.74, 6) is 0. The highest BCUT2D eigenvalue weighted by molar-refractivity contribution is 5.90. The number of cyclic esters (lactones) is 1. The molecule has 0 aliphatic carbocycles. The number of rotatable bonds is 3. The molecule has 1 amide bonds. The van der Waals surface area contributed by atoms with E-state index in [4.69, 9.17) is 9.84 Å². The Hall–Kier alpha value is -1.76. The Morgan fingerprint density at radius 2 is 2.05 bits per heavy atom. The Balaban J connectivity index is 2.30. The minimum Gasteiger partial charge on any atom is -0.444 e. The van der Waals surface area contributed by atoms with Crippen LogP contribution in [0.3, 0.4) is 0 Å². The van der Waals surface area contributed by atoms with Gasteiger partial charge in [0.05, 0.1) is 17.8 Å². The number of halogens is 3. The lowest BCUT2D eigenvalue weighted by molar-refractivity contribution is -0.137. The average Bonchev–Trinajstić information content (AvgIpc) is 2.70. The van der Waals surface area contributed by atoms with Gasteiger partial charge in [-0.3, -0.25) is 4.90 Å². The first kappa shape index (κ1) is 13.7. The Kier molecular flexibility index (Phi) is 3.66. The molecule has 1 aromatic carbocycles. The molecule has 1 N–H and O–H groups in total. The minimum atomic E-state index is -4.54. The van der Waals surface area contributed by atoms with Crippen molar-refractivity contribution in [3.05, 3.63) is 29.8 Å². The number of aliphatic hydroxyl groups excluding tert-OH is 1. The first-order valence-electron chi connectivity index (χ1n) is 5.68. The molecule has 0 saturated carbocycles. The van der Waals surface area contributed by atoms with Gasteiger partial charge in [0.2, 0.25) is 0 Å². The van der Waals surface area contributed by atoms with Gasteiger partial charge in [0, 0.05) is 13.0 Å². The number of nitrogens with zero attached hydrogens (tertiary/aromatic N) is 1. The van der Waals surface area contributed by atoms with E-state index in [1.165, 1.54) is 18.2 Å².